The second-order valence-corrected chi connectivity index (χ2v) is 3.70. The van der Waals surface area contributed by atoms with Crippen LogP contribution in [0.2, 0.25) is 0 Å². The van der Waals surface area contributed by atoms with Gasteiger partial charge in [0, 0.05) is 5.56 Å². The van der Waals surface area contributed by atoms with E-state index in [-0.39, 0.29) is 12.2 Å². The van der Waals surface area contributed by atoms with Crippen molar-refractivity contribution in [3.63, 3.8) is 0 Å². The van der Waals surface area contributed by atoms with Crippen molar-refractivity contribution in [3.8, 4) is 0 Å². The summed E-state index contributed by atoms with van der Waals surface area (Å²) < 4.78 is 0. The molecule has 2 aromatic rings. The van der Waals surface area contributed by atoms with E-state index >= 15 is 0 Å². The van der Waals surface area contributed by atoms with Crippen LogP contribution in [0.1, 0.15) is 16.8 Å². The summed E-state index contributed by atoms with van der Waals surface area (Å²) in [5.41, 5.74) is 7.36. The van der Waals surface area contributed by atoms with Crippen LogP contribution >= 0.6 is 0 Å². The van der Waals surface area contributed by atoms with Crippen LogP contribution in [0.5, 0.6) is 0 Å². The van der Waals surface area contributed by atoms with E-state index in [1.54, 1.807) is 18.2 Å². The highest BCUT2D eigenvalue weighted by Crippen LogP contribution is 2.13. The number of ketones is 1. The molecule has 0 radical (unpaired) electrons. The number of hydrogen-bond acceptors (Lipinski definition) is 4. The monoisotopic (exact) mass is 233 g/mol. The zero-order valence-corrected chi connectivity index (χ0v) is 8.88. The SMILES string of the molecule is NC(CC(=O)O)C(=O)c1ccc2nc[nH]c2c1. The number of nitrogens with one attached hydrogen (secondary N) is 1. The molecule has 1 atom stereocenters. The predicted molar refractivity (Wildman–Crippen MR) is 60.7 cm³/mol. The zero-order chi connectivity index (χ0) is 12.4. The molecule has 0 aliphatic rings. The van der Waals surface area contributed by atoms with Crippen LogP contribution in [0.4, 0.5) is 0 Å². The van der Waals surface area contributed by atoms with Crippen LogP contribution in [-0.4, -0.2) is 32.9 Å². The van der Waals surface area contributed by atoms with E-state index in [9.17, 15) is 9.59 Å². The molecule has 6 nitrogen and oxygen atoms in total. The van der Waals surface area contributed by atoms with Crippen LogP contribution in [-0.2, 0) is 4.79 Å². The van der Waals surface area contributed by atoms with E-state index in [4.69, 9.17) is 10.8 Å². The number of rotatable bonds is 4. The Morgan fingerprint density at radius 3 is 2.94 bits per heavy atom. The second kappa shape index (κ2) is 4.34. The van der Waals surface area contributed by atoms with Crippen molar-refractivity contribution in [1.82, 2.24) is 9.97 Å². The standard InChI is InChI=1S/C11H11N3O3/c12-7(4-10(15)16)11(17)6-1-2-8-9(3-6)14-5-13-8/h1-3,5,7H,4,12H2,(H,13,14)(H,15,16). The first-order valence-electron chi connectivity index (χ1n) is 5.02. The fourth-order valence-electron chi connectivity index (χ4n) is 1.58. The fraction of sp³-hybridized carbons (Fsp3) is 0.182. The summed E-state index contributed by atoms with van der Waals surface area (Å²) in [6, 6.07) is 3.87. The Morgan fingerprint density at radius 2 is 2.24 bits per heavy atom. The van der Waals surface area contributed by atoms with E-state index in [2.05, 4.69) is 9.97 Å². The Labute approximate surface area is 96.5 Å². The molecule has 17 heavy (non-hydrogen) atoms. The molecule has 0 fully saturated rings. The minimum absolute atomic E-state index is 0.375. The molecule has 0 bridgehead atoms. The molecule has 0 saturated carbocycles. The molecule has 1 heterocycles. The van der Waals surface area contributed by atoms with Crippen LogP contribution in [0.3, 0.4) is 0 Å². The third kappa shape index (κ3) is 2.31. The summed E-state index contributed by atoms with van der Waals surface area (Å²) in [6.07, 6.45) is 1.15. The number of imidazole rings is 1. The van der Waals surface area contributed by atoms with Gasteiger partial charge in [-0.2, -0.15) is 0 Å². The van der Waals surface area contributed by atoms with E-state index in [0.717, 1.165) is 11.0 Å². The first kappa shape index (κ1) is 11.3. The van der Waals surface area contributed by atoms with Crippen molar-refractivity contribution >= 4 is 22.8 Å². The zero-order valence-electron chi connectivity index (χ0n) is 8.88. The number of aromatic nitrogens is 2. The average Bonchev–Trinajstić information content (AvgIpc) is 2.73. The van der Waals surface area contributed by atoms with Gasteiger partial charge in [0.2, 0.25) is 0 Å². The van der Waals surface area contributed by atoms with Gasteiger partial charge in [0.05, 0.1) is 29.8 Å². The maximum Gasteiger partial charge on any atom is 0.305 e. The molecule has 0 amide bonds. The van der Waals surface area contributed by atoms with Crippen molar-refractivity contribution in [2.24, 2.45) is 5.73 Å². The lowest BCUT2D eigenvalue weighted by molar-refractivity contribution is -0.137. The van der Waals surface area contributed by atoms with Crippen LogP contribution < -0.4 is 5.73 Å². The molecule has 4 N–H and O–H groups in total. The van der Waals surface area contributed by atoms with Gasteiger partial charge in [-0.3, -0.25) is 9.59 Å². The lowest BCUT2D eigenvalue weighted by Crippen LogP contribution is -2.32. The molecule has 1 aromatic heterocycles. The first-order chi connectivity index (χ1) is 8.08. The van der Waals surface area contributed by atoms with Gasteiger partial charge in [0.25, 0.3) is 0 Å². The number of carbonyl (C=O) groups excluding carboxylic acids is 1. The number of hydrogen-bond donors (Lipinski definition) is 3. The van der Waals surface area contributed by atoms with Crippen LogP contribution in [0.25, 0.3) is 11.0 Å². The molecule has 1 aromatic carbocycles. The Hall–Kier alpha value is -2.21. The number of nitrogens with zero attached hydrogens (tertiary/aromatic N) is 1. The second-order valence-electron chi connectivity index (χ2n) is 3.70. The summed E-state index contributed by atoms with van der Waals surface area (Å²) in [6.45, 7) is 0. The molecule has 2 rings (SSSR count). The average molecular weight is 233 g/mol. The van der Waals surface area contributed by atoms with Crippen molar-refractivity contribution in [2.45, 2.75) is 12.5 Å². The Kier molecular flexibility index (Phi) is 2.88. The lowest BCUT2D eigenvalue weighted by Gasteiger charge is -2.07. The normalized spacial score (nSPS) is 12.5. The van der Waals surface area contributed by atoms with E-state index in [1.807, 2.05) is 0 Å². The van der Waals surface area contributed by atoms with Crippen molar-refractivity contribution in [2.75, 3.05) is 0 Å². The number of aromatic amines is 1. The van der Waals surface area contributed by atoms with Gasteiger partial charge in [-0.15, -0.1) is 0 Å². The lowest BCUT2D eigenvalue weighted by atomic mass is 10.0. The summed E-state index contributed by atoms with van der Waals surface area (Å²) in [4.78, 5) is 29.2. The number of carboxylic acid groups (broad SMARTS) is 1. The van der Waals surface area contributed by atoms with E-state index in [0.29, 0.717) is 5.56 Å². The number of carboxylic acids is 1. The van der Waals surface area contributed by atoms with Gasteiger partial charge in [0.15, 0.2) is 5.78 Å². The number of carbonyl (C=O) groups is 2. The highest BCUT2D eigenvalue weighted by molar-refractivity contribution is 6.03. The highest BCUT2D eigenvalue weighted by Gasteiger charge is 2.19. The molecule has 0 aliphatic heterocycles. The number of Topliss-reactive ketones (excluding diaryl/α,β-unsaturated/α-hetero) is 1. The molecule has 0 spiro atoms. The molecular formula is C11H11N3O3. The molecule has 1 unspecified atom stereocenters. The Balaban J connectivity index is 2.26. The van der Waals surface area contributed by atoms with E-state index < -0.39 is 12.0 Å². The molecule has 88 valence electrons. The number of fused-ring (bicyclic) bond motifs is 1. The summed E-state index contributed by atoms with van der Waals surface area (Å²) in [5, 5.41) is 8.57. The fourth-order valence-corrected chi connectivity index (χ4v) is 1.58. The van der Waals surface area contributed by atoms with Gasteiger partial charge in [-0.25, -0.2) is 4.98 Å². The maximum atomic E-state index is 11.8. The van der Waals surface area contributed by atoms with Gasteiger partial charge in [-0.1, -0.05) is 0 Å². The van der Waals surface area contributed by atoms with Crippen LogP contribution in [0, 0.1) is 0 Å². The largest absolute Gasteiger partial charge is 0.481 e. The summed E-state index contributed by atoms with van der Waals surface area (Å²) >= 11 is 0. The van der Waals surface area contributed by atoms with Crippen molar-refractivity contribution in [3.05, 3.63) is 30.1 Å². The van der Waals surface area contributed by atoms with Crippen LogP contribution in [0.15, 0.2) is 24.5 Å². The Bertz CT molecular complexity index is 576. The third-order valence-electron chi connectivity index (χ3n) is 2.44. The number of benzene rings is 1. The van der Waals surface area contributed by atoms with Gasteiger partial charge in [0.1, 0.15) is 0 Å². The first-order valence-corrected chi connectivity index (χ1v) is 5.02. The van der Waals surface area contributed by atoms with Gasteiger partial charge < -0.3 is 15.8 Å². The van der Waals surface area contributed by atoms with Crippen molar-refractivity contribution < 1.29 is 14.7 Å². The smallest absolute Gasteiger partial charge is 0.305 e. The number of nitrogens with two attached hydrogens (primary N) is 1. The summed E-state index contributed by atoms with van der Waals surface area (Å²) in [7, 11) is 0. The molecular weight excluding hydrogens is 222 g/mol. The van der Waals surface area contributed by atoms with Gasteiger partial charge >= 0.3 is 5.97 Å². The molecule has 0 aliphatic carbocycles. The topological polar surface area (TPSA) is 109 Å². The third-order valence-corrected chi connectivity index (χ3v) is 2.44. The van der Waals surface area contributed by atoms with Gasteiger partial charge in [-0.05, 0) is 18.2 Å². The number of H-pyrrole nitrogens is 1. The van der Waals surface area contributed by atoms with Crippen molar-refractivity contribution in [1.29, 1.82) is 0 Å². The maximum absolute atomic E-state index is 11.8. The minimum Gasteiger partial charge on any atom is -0.481 e. The summed E-state index contributed by atoms with van der Waals surface area (Å²) in [5.74, 6) is -1.47. The minimum atomic E-state index is -1.09. The predicted octanol–water partition coefficient (Wildman–Crippen LogP) is 0.548. The van der Waals surface area contributed by atoms with E-state index in [1.165, 1.54) is 6.33 Å². The highest BCUT2D eigenvalue weighted by atomic mass is 16.4. The quantitative estimate of drug-likeness (QED) is 0.668. The molecule has 6 heteroatoms. The number of aliphatic carboxylic acids is 1. The Morgan fingerprint density at radius 1 is 1.47 bits per heavy atom. The molecule has 0 saturated heterocycles.